The first-order valence-electron chi connectivity index (χ1n) is 16.3. The third-order valence-electron chi connectivity index (χ3n) is 13.2. The van der Waals surface area contributed by atoms with E-state index in [2.05, 4.69) is 4.90 Å². The van der Waals surface area contributed by atoms with E-state index in [-0.39, 0.29) is 25.0 Å². The molecule has 15 atom stereocenters. The van der Waals surface area contributed by atoms with Crippen molar-refractivity contribution in [1.82, 2.24) is 4.90 Å². The normalized spacial score (nSPS) is 49.9. The molecule has 5 aliphatic carbocycles. The maximum atomic E-state index is 13.8. The van der Waals surface area contributed by atoms with Crippen LogP contribution in [0.4, 0.5) is 0 Å². The zero-order chi connectivity index (χ0) is 33.0. The molecule has 3 unspecified atom stereocenters. The summed E-state index contributed by atoms with van der Waals surface area (Å²) in [5, 5.41) is 37.3. The van der Waals surface area contributed by atoms with Crippen LogP contribution in [0.3, 0.4) is 0 Å². The predicted molar refractivity (Wildman–Crippen MR) is 160 cm³/mol. The Hall–Kier alpha value is -2.16. The maximum Gasteiger partial charge on any atom is 0.338 e. The number of carbonyl (C=O) groups is 2. The lowest BCUT2D eigenvalue weighted by Gasteiger charge is -2.70. The smallest absolute Gasteiger partial charge is 0.338 e. The summed E-state index contributed by atoms with van der Waals surface area (Å²) in [6.07, 6.45) is -5.49. The summed E-state index contributed by atoms with van der Waals surface area (Å²) in [6, 6.07) is 8.18. The summed E-state index contributed by atoms with van der Waals surface area (Å²) in [7, 11) is 6.27. The number of likely N-dealkylation sites (tertiary alicyclic amines) is 1. The number of benzene rings is 1. The fraction of sp³-hybridized carbons (Fsp3) is 0.765. The number of fused-ring (bicyclic) bond motifs is 2. The molecular weight excluding hydrogens is 598 g/mol. The topological polar surface area (TPSA) is 153 Å². The summed E-state index contributed by atoms with van der Waals surface area (Å²) < 4.78 is 37.4. The van der Waals surface area contributed by atoms with Crippen LogP contribution in [0.2, 0.25) is 0 Å². The number of nitrogens with zero attached hydrogens (tertiary/aromatic N) is 1. The highest BCUT2D eigenvalue weighted by Crippen LogP contribution is 2.80. The molecule has 1 aliphatic heterocycles. The van der Waals surface area contributed by atoms with Crippen molar-refractivity contribution in [3.8, 4) is 0 Å². The van der Waals surface area contributed by atoms with Crippen LogP contribution in [0.25, 0.3) is 0 Å². The van der Waals surface area contributed by atoms with Gasteiger partial charge in [0.1, 0.15) is 23.9 Å². The van der Waals surface area contributed by atoms with Crippen molar-refractivity contribution in [3.63, 3.8) is 0 Å². The van der Waals surface area contributed by atoms with Gasteiger partial charge in [-0.15, -0.1) is 0 Å². The Morgan fingerprint density at radius 3 is 2.30 bits per heavy atom. The number of methoxy groups -OCH3 is 4. The number of hydrogen-bond donors (Lipinski definition) is 3. The summed E-state index contributed by atoms with van der Waals surface area (Å²) in [6.45, 7) is 4.68. The monoisotopic (exact) mass is 645 g/mol. The number of aliphatic hydroxyl groups is 3. The van der Waals surface area contributed by atoms with Gasteiger partial charge in [-0.2, -0.15) is 0 Å². The van der Waals surface area contributed by atoms with Crippen LogP contribution in [0.15, 0.2) is 30.3 Å². The fourth-order valence-electron chi connectivity index (χ4n) is 12.3. The fourth-order valence-corrected chi connectivity index (χ4v) is 12.3. The number of aliphatic hydroxyl groups excluding tert-OH is 2. The third kappa shape index (κ3) is 3.62. The largest absolute Gasteiger partial charge is 0.455 e. The van der Waals surface area contributed by atoms with E-state index in [4.69, 9.17) is 28.4 Å². The molecular formula is C34H47NO11. The van der Waals surface area contributed by atoms with Gasteiger partial charge in [-0.1, -0.05) is 25.1 Å². The van der Waals surface area contributed by atoms with Crippen molar-refractivity contribution in [2.45, 2.75) is 80.6 Å². The van der Waals surface area contributed by atoms with Crippen LogP contribution in [-0.2, 0) is 33.2 Å². The van der Waals surface area contributed by atoms with Gasteiger partial charge in [0.2, 0.25) is 0 Å². The molecule has 7 rings (SSSR count). The number of piperidine rings is 1. The van der Waals surface area contributed by atoms with E-state index < -0.39 is 88.3 Å². The Morgan fingerprint density at radius 2 is 1.72 bits per heavy atom. The second kappa shape index (κ2) is 10.9. The van der Waals surface area contributed by atoms with E-state index in [0.717, 1.165) is 0 Å². The number of ether oxygens (including phenoxy) is 6. The number of carbonyl (C=O) groups excluding carboxylic acids is 2. The van der Waals surface area contributed by atoms with Crippen LogP contribution in [0.1, 0.15) is 37.0 Å². The molecule has 0 aromatic heterocycles. The lowest BCUT2D eigenvalue weighted by molar-refractivity contribution is -0.322. The minimum Gasteiger partial charge on any atom is -0.455 e. The van der Waals surface area contributed by atoms with Crippen molar-refractivity contribution in [3.05, 3.63) is 35.9 Å². The highest BCUT2D eigenvalue weighted by molar-refractivity contribution is 5.89. The molecule has 5 saturated carbocycles. The van der Waals surface area contributed by atoms with E-state index >= 15 is 0 Å². The average Bonchev–Trinajstić information content (AvgIpc) is 3.41. The molecule has 12 heteroatoms. The standard InChI is InChI=1S/C34H47NO11/c1-7-35-15-31(16-41-3)20(37)13-21(42-4)33-19-14-32(40)28(45-30(39)18-11-9-8-10-12-18)22(19)34(46-17(2)36,27(38)29(32)44-6)23(26(33)35)24(43-5)25(31)33/h8-12,19-29,37-38,40H,7,13-16H2,1-6H3/t19-,20-,21+,22?,23?,24+,25-,26?,27+,28-,29+,31+,32-,33+,34-/m1/s1. The van der Waals surface area contributed by atoms with Gasteiger partial charge < -0.3 is 43.7 Å². The van der Waals surface area contributed by atoms with Crippen molar-refractivity contribution in [1.29, 1.82) is 0 Å². The van der Waals surface area contributed by atoms with Gasteiger partial charge in [-0.25, -0.2) is 4.79 Å². The van der Waals surface area contributed by atoms with E-state index in [9.17, 15) is 24.9 Å². The second-order valence-corrected chi connectivity index (χ2v) is 14.4. The average molecular weight is 646 g/mol. The van der Waals surface area contributed by atoms with Gasteiger partial charge in [0.05, 0.1) is 30.5 Å². The highest BCUT2D eigenvalue weighted by Gasteiger charge is 2.92. The molecule has 1 spiro atoms. The molecule has 1 aromatic carbocycles. The molecule has 1 saturated heterocycles. The molecule has 0 amide bonds. The first-order chi connectivity index (χ1) is 22.0. The highest BCUT2D eigenvalue weighted by atomic mass is 16.6. The van der Waals surface area contributed by atoms with Crippen LogP contribution in [0.5, 0.6) is 0 Å². The lowest BCUT2D eigenvalue weighted by atomic mass is 9.42. The number of hydrogen-bond acceptors (Lipinski definition) is 12. The maximum absolute atomic E-state index is 13.8. The third-order valence-corrected chi connectivity index (χ3v) is 13.2. The Morgan fingerprint density at radius 1 is 1.00 bits per heavy atom. The molecule has 6 fully saturated rings. The van der Waals surface area contributed by atoms with Gasteiger partial charge in [0.15, 0.2) is 5.60 Å². The van der Waals surface area contributed by atoms with Crippen LogP contribution >= 0.6 is 0 Å². The summed E-state index contributed by atoms with van der Waals surface area (Å²) in [5.74, 6) is -3.65. The summed E-state index contributed by atoms with van der Waals surface area (Å²) in [5.41, 5.74) is -4.79. The number of rotatable bonds is 9. The molecule has 1 aromatic rings. The van der Waals surface area contributed by atoms with Crippen molar-refractivity contribution in [2.24, 2.45) is 34.5 Å². The Labute approximate surface area is 269 Å². The van der Waals surface area contributed by atoms with Crippen LogP contribution in [0, 0.1) is 34.5 Å². The van der Waals surface area contributed by atoms with Gasteiger partial charge in [-0.3, -0.25) is 9.69 Å². The van der Waals surface area contributed by atoms with E-state index in [1.54, 1.807) is 51.7 Å². The molecule has 6 aliphatic rings. The van der Waals surface area contributed by atoms with E-state index in [1.807, 2.05) is 6.92 Å². The minimum atomic E-state index is -1.83. The molecule has 254 valence electrons. The summed E-state index contributed by atoms with van der Waals surface area (Å²) >= 11 is 0. The quantitative estimate of drug-likeness (QED) is 0.323. The predicted octanol–water partition coefficient (Wildman–Crippen LogP) is 0.648. The molecule has 46 heavy (non-hydrogen) atoms. The second-order valence-electron chi connectivity index (χ2n) is 14.4. The van der Waals surface area contributed by atoms with Crippen LogP contribution in [-0.4, -0.2) is 134 Å². The Kier molecular flexibility index (Phi) is 7.69. The Balaban J connectivity index is 1.53. The molecule has 0 radical (unpaired) electrons. The zero-order valence-corrected chi connectivity index (χ0v) is 27.3. The summed E-state index contributed by atoms with van der Waals surface area (Å²) in [4.78, 5) is 29.3. The van der Waals surface area contributed by atoms with Crippen molar-refractivity contribution < 1.29 is 53.3 Å². The molecule has 3 N–H and O–H groups in total. The molecule has 1 heterocycles. The van der Waals surface area contributed by atoms with Crippen LogP contribution < -0.4 is 0 Å². The first kappa shape index (κ1) is 32.4. The van der Waals surface area contributed by atoms with E-state index in [1.165, 1.54) is 14.0 Å². The van der Waals surface area contributed by atoms with Crippen molar-refractivity contribution in [2.75, 3.05) is 48.1 Å². The first-order valence-corrected chi connectivity index (χ1v) is 16.3. The molecule has 12 nitrogen and oxygen atoms in total. The van der Waals surface area contributed by atoms with Gasteiger partial charge >= 0.3 is 11.9 Å². The zero-order valence-electron chi connectivity index (χ0n) is 27.3. The SMILES string of the molecule is CCN1C[C@]2(COC)[C@H](O)C[C@H](OC)[C@]34C1C([C@H](OC)[C@H]23)[C@]1(OC(C)=O)C2[C@@H](OC(=O)c3ccccc3)[C@](O)(C[C@H]24)[C@@H](OC)[C@@H]1O. The number of esters is 2. The van der Waals surface area contributed by atoms with Gasteiger partial charge in [0.25, 0.3) is 0 Å². The van der Waals surface area contributed by atoms with Crippen molar-refractivity contribution >= 4 is 11.9 Å². The molecule has 7 bridgehead atoms. The van der Waals surface area contributed by atoms with E-state index in [0.29, 0.717) is 25.1 Å². The van der Waals surface area contributed by atoms with Gasteiger partial charge in [0, 0.05) is 83.0 Å². The lowest BCUT2D eigenvalue weighted by Crippen LogP contribution is -2.81. The Bertz CT molecular complexity index is 1360. The minimum absolute atomic E-state index is 0.0791. The van der Waals surface area contributed by atoms with Gasteiger partial charge in [-0.05, 0) is 31.0 Å².